The molecule has 0 fully saturated rings. The van der Waals surface area contributed by atoms with Gasteiger partial charge in [0.1, 0.15) is 5.00 Å². The highest BCUT2D eigenvalue weighted by molar-refractivity contribution is 7.80. The maximum Gasteiger partial charge on any atom is 0.341 e. The number of nitrogens with one attached hydrogen (secondary N) is 2. The molecule has 6 nitrogen and oxygen atoms in total. The molecule has 1 aromatic carbocycles. The number of benzene rings is 1. The third kappa shape index (κ3) is 3.56. The minimum absolute atomic E-state index is 0.172. The third-order valence-corrected chi connectivity index (χ3v) is 5.68. The van der Waals surface area contributed by atoms with Crippen molar-refractivity contribution in [2.45, 2.75) is 26.2 Å². The van der Waals surface area contributed by atoms with Gasteiger partial charge in [-0.1, -0.05) is 6.07 Å². The minimum atomic E-state index is -1.01. The lowest BCUT2D eigenvalue weighted by Crippen LogP contribution is -2.21. The molecule has 0 radical (unpaired) electrons. The summed E-state index contributed by atoms with van der Waals surface area (Å²) in [7, 11) is 1.36. The van der Waals surface area contributed by atoms with E-state index in [1.54, 1.807) is 12.1 Å². The summed E-state index contributed by atoms with van der Waals surface area (Å²) < 4.78 is 4.92. The summed E-state index contributed by atoms with van der Waals surface area (Å²) in [6, 6.07) is 4.79. The molecule has 0 bridgehead atoms. The first-order valence-corrected chi connectivity index (χ1v) is 9.28. The summed E-state index contributed by atoms with van der Waals surface area (Å²) in [6.45, 7) is 1.86. The summed E-state index contributed by atoms with van der Waals surface area (Å²) in [5, 5.41) is 16.2. The number of anilines is 2. The van der Waals surface area contributed by atoms with Crippen LogP contribution in [0.2, 0.25) is 0 Å². The number of esters is 1. The number of rotatable bonds is 4. The zero-order chi connectivity index (χ0) is 18.8. The van der Waals surface area contributed by atoms with Crippen LogP contribution in [0.15, 0.2) is 18.2 Å². The molecule has 26 heavy (non-hydrogen) atoms. The largest absolute Gasteiger partial charge is 0.478 e. The lowest BCUT2D eigenvalue weighted by atomic mass is 10.1. The Morgan fingerprint density at radius 1 is 1.27 bits per heavy atom. The zero-order valence-corrected chi connectivity index (χ0v) is 16.0. The van der Waals surface area contributed by atoms with E-state index in [0.29, 0.717) is 21.4 Å². The average Bonchev–Trinajstić information content (AvgIpc) is 3.16. The molecule has 2 aromatic rings. The van der Waals surface area contributed by atoms with Crippen LogP contribution < -0.4 is 10.6 Å². The normalized spacial score (nSPS) is 12.4. The van der Waals surface area contributed by atoms with Crippen molar-refractivity contribution in [1.29, 1.82) is 0 Å². The van der Waals surface area contributed by atoms with E-state index in [2.05, 4.69) is 10.6 Å². The quantitative estimate of drug-likeness (QED) is 0.540. The van der Waals surface area contributed by atoms with Gasteiger partial charge in [-0.05, 0) is 61.7 Å². The summed E-state index contributed by atoms with van der Waals surface area (Å²) in [6.07, 6.45) is 2.85. The van der Waals surface area contributed by atoms with Crippen molar-refractivity contribution in [1.82, 2.24) is 0 Å². The molecule has 0 saturated heterocycles. The van der Waals surface area contributed by atoms with Gasteiger partial charge in [0.05, 0.1) is 18.2 Å². The lowest BCUT2D eigenvalue weighted by molar-refractivity contribution is 0.0600. The molecular formula is C18H18N2O4S2. The Hall–Kier alpha value is -2.45. The number of carbonyl (C=O) groups is 2. The molecule has 1 heterocycles. The van der Waals surface area contributed by atoms with E-state index in [9.17, 15) is 9.59 Å². The molecule has 3 rings (SSSR count). The number of methoxy groups -OCH3 is 1. The number of hydrogen-bond acceptors (Lipinski definition) is 5. The fourth-order valence-corrected chi connectivity index (χ4v) is 4.52. The number of carbonyl (C=O) groups excluding carboxylic acids is 1. The second-order valence-electron chi connectivity index (χ2n) is 5.97. The maximum atomic E-state index is 12.2. The number of aromatic carboxylic acids is 1. The van der Waals surface area contributed by atoms with Gasteiger partial charge in [0.25, 0.3) is 0 Å². The Morgan fingerprint density at radius 2 is 2.04 bits per heavy atom. The molecule has 3 N–H and O–H groups in total. The highest BCUT2D eigenvalue weighted by Crippen LogP contribution is 2.39. The van der Waals surface area contributed by atoms with E-state index in [1.165, 1.54) is 29.4 Å². The molecule has 136 valence electrons. The van der Waals surface area contributed by atoms with Crippen molar-refractivity contribution in [2.24, 2.45) is 0 Å². The van der Waals surface area contributed by atoms with Gasteiger partial charge in [0.15, 0.2) is 5.11 Å². The first-order chi connectivity index (χ1) is 12.4. The first-order valence-electron chi connectivity index (χ1n) is 8.05. The van der Waals surface area contributed by atoms with Gasteiger partial charge in [-0.3, -0.25) is 0 Å². The summed E-state index contributed by atoms with van der Waals surface area (Å²) >= 11 is 6.87. The fourth-order valence-electron chi connectivity index (χ4n) is 2.96. The Bertz CT molecular complexity index is 905. The number of thiocarbonyl (C=S) groups is 1. The topological polar surface area (TPSA) is 87.7 Å². The summed E-state index contributed by atoms with van der Waals surface area (Å²) in [4.78, 5) is 24.5. The van der Waals surface area contributed by atoms with Crippen LogP contribution in [-0.4, -0.2) is 29.3 Å². The predicted octanol–water partition coefficient (Wildman–Crippen LogP) is 3.84. The van der Waals surface area contributed by atoms with E-state index in [-0.39, 0.29) is 11.5 Å². The van der Waals surface area contributed by atoms with Crippen molar-refractivity contribution >= 4 is 51.3 Å². The van der Waals surface area contributed by atoms with Crippen LogP contribution in [0.25, 0.3) is 0 Å². The highest BCUT2D eigenvalue weighted by Gasteiger charge is 2.27. The number of thiophene rings is 1. The number of ether oxygens (including phenoxy) is 1. The zero-order valence-electron chi connectivity index (χ0n) is 14.3. The number of fused-ring (bicyclic) bond motifs is 1. The second kappa shape index (κ2) is 7.43. The van der Waals surface area contributed by atoms with Crippen LogP contribution in [0.3, 0.4) is 0 Å². The number of carboxylic acid groups (broad SMARTS) is 1. The van der Waals surface area contributed by atoms with Gasteiger partial charge in [-0.15, -0.1) is 11.3 Å². The molecule has 1 aliphatic rings. The van der Waals surface area contributed by atoms with Crippen LogP contribution in [0.1, 0.15) is 43.1 Å². The lowest BCUT2D eigenvalue weighted by Gasteiger charge is -2.13. The van der Waals surface area contributed by atoms with E-state index in [1.807, 2.05) is 6.92 Å². The number of aryl methyl sites for hydroxylation is 2. The SMILES string of the molecule is COC(=O)c1c(NC(=S)Nc2cc(C(=O)O)ccc2C)sc2c1CCC2. The van der Waals surface area contributed by atoms with Gasteiger partial charge in [0.2, 0.25) is 0 Å². The van der Waals surface area contributed by atoms with Crippen LogP contribution in [0.4, 0.5) is 10.7 Å². The second-order valence-corrected chi connectivity index (χ2v) is 7.48. The summed E-state index contributed by atoms with van der Waals surface area (Å²) in [5.74, 6) is -1.38. The van der Waals surface area contributed by atoms with Crippen LogP contribution in [0.5, 0.6) is 0 Å². The molecule has 0 amide bonds. The van der Waals surface area contributed by atoms with Crippen LogP contribution in [0, 0.1) is 6.92 Å². The molecule has 0 atom stereocenters. The number of hydrogen-bond donors (Lipinski definition) is 3. The molecule has 0 spiro atoms. The van der Waals surface area contributed by atoms with Crippen LogP contribution in [-0.2, 0) is 17.6 Å². The van der Waals surface area contributed by atoms with Gasteiger partial charge < -0.3 is 20.5 Å². The van der Waals surface area contributed by atoms with Gasteiger partial charge in [-0.25, -0.2) is 9.59 Å². The Kier molecular flexibility index (Phi) is 5.24. The van der Waals surface area contributed by atoms with Crippen molar-refractivity contribution < 1.29 is 19.4 Å². The van der Waals surface area contributed by atoms with Crippen molar-refractivity contribution in [2.75, 3.05) is 17.7 Å². The third-order valence-electron chi connectivity index (χ3n) is 4.27. The first kappa shape index (κ1) is 18.3. The predicted molar refractivity (Wildman–Crippen MR) is 106 cm³/mol. The monoisotopic (exact) mass is 390 g/mol. The van der Waals surface area contributed by atoms with Crippen molar-refractivity contribution in [3.05, 3.63) is 45.3 Å². The van der Waals surface area contributed by atoms with E-state index >= 15 is 0 Å². The van der Waals surface area contributed by atoms with E-state index < -0.39 is 5.97 Å². The standard InChI is InChI=1S/C18H18N2O4S2/c1-9-6-7-10(16(21)22)8-12(9)19-18(25)20-15-14(17(23)24-2)11-4-3-5-13(11)26-15/h6-8H,3-5H2,1-2H3,(H,21,22)(H2,19,20,25). The minimum Gasteiger partial charge on any atom is -0.478 e. The fraction of sp³-hybridized carbons (Fsp3) is 0.278. The molecule has 1 aliphatic carbocycles. The van der Waals surface area contributed by atoms with Gasteiger partial charge in [0, 0.05) is 10.6 Å². The van der Waals surface area contributed by atoms with Crippen LogP contribution >= 0.6 is 23.6 Å². The molecular weight excluding hydrogens is 372 g/mol. The van der Waals surface area contributed by atoms with Crippen molar-refractivity contribution in [3.8, 4) is 0 Å². The molecule has 8 heteroatoms. The molecule has 1 aromatic heterocycles. The Morgan fingerprint density at radius 3 is 2.73 bits per heavy atom. The highest BCUT2D eigenvalue weighted by atomic mass is 32.1. The average molecular weight is 390 g/mol. The van der Waals surface area contributed by atoms with E-state index in [0.717, 1.165) is 30.4 Å². The maximum absolute atomic E-state index is 12.2. The molecule has 0 aliphatic heterocycles. The van der Waals surface area contributed by atoms with Gasteiger partial charge >= 0.3 is 11.9 Å². The molecule has 0 unspecified atom stereocenters. The molecule has 0 saturated carbocycles. The smallest absolute Gasteiger partial charge is 0.341 e. The Labute approximate surface area is 160 Å². The number of carboxylic acids is 1. The van der Waals surface area contributed by atoms with Gasteiger partial charge in [-0.2, -0.15) is 0 Å². The Balaban J connectivity index is 1.82. The van der Waals surface area contributed by atoms with E-state index in [4.69, 9.17) is 22.1 Å². The summed E-state index contributed by atoms with van der Waals surface area (Å²) in [5.41, 5.74) is 3.22. The van der Waals surface area contributed by atoms with Crippen molar-refractivity contribution in [3.63, 3.8) is 0 Å².